The van der Waals surface area contributed by atoms with Crippen LogP contribution in [0, 0.1) is 0 Å². The lowest BCUT2D eigenvalue weighted by molar-refractivity contribution is 0.0128. The molecule has 0 aliphatic carbocycles. The molecule has 0 saturated carbocycles. The van der Waals surface area contributed by atoms with Gasteiger partial charge in [-0.05, 0) is 32.4 Å². The number of alkyl carbamates (subject to hydrolysis) is 1. The quantitative estimate of drug-likeness (QED) is 0.635. The fourth-order valence-corrected chi connectivity index (χ4v) is 1.44. The number of ether oxygens (including phenoxy) is 1. The third-order valence-corrected chi connectivity index (χ3v) is 2.37. The molecule has 7 heteroatoms. The standard InChI is InChI=1S/C13H20N2O5/c1-13(2,3)20-12(19)15-7-9(16)11(18)8-4-5-10(17)14-6-8/h4-6,9,11,16,18H,7H2,1-3H3,(H,14,17)(H,15,19). The molecule has 1 aromatic heterocycles. The Labute approximate surface area is 116 Å². The van der Waals surface area contributed by atoms with E-state index in [4.69, 9.17) is 4.74 Å². The number of carbonyl (C=O) groups is 1. The fraction of sp³-hybridized carbons (Fsp3) is 0.538. The second-order valence-corrected chi connectivity index (χ2v) is 5.38. The summed E-state index contributed by atoms with van der Waals surface area (Å²) in [4.78, 5) is 24.7. The maximum Gasteiger partial charge on any atom is 0.407 e. The number of rotatable bonds is 4. The summed E-state index contributed by atoms with van der Waals surface area (Å²) in [6.07, 6.45) is -1.80. The molecule has 4 N–H and O–H groups in total. The Kier molecular flexibility index (Phi) is 5.29. The molecule has 0 spiro atoms. The molecule has 1 amide bonds. The molecule has 20 heavy (non-hydrogen) atoms. The summed E-state index contributed by atoms with van der Waals surface area (Å²) in [5, 5.41) is 22.0. The van der Waals surface area contributed by atoms with Gasteiger partial charge in [-0.3, -0.25) is 4.79 Å². The van der Waals surface area contributed by atoms with Gasteiger partial charge in [-0.2, -0.15) is 0 Å². The fourth-order valence-electron chi connectivity index (χ4n) is 1.44. The van der Waals surface area contributed by atoms with Gasteiger partial charge in [-0.25, -0.2) is 4.79 Å². The van der Waals surface area contributed by atoms with Crippen LogP contribution in [0.5, 0.6) is 0 Å². The maximum absolute atomic E-state index is 11.4. The van der Waals surface area contributed by atoms with Crippen LogP contribution >= 0.6 is 0 Å². The topological polar surface area (TPSA) is 112 Å². The van der Waals surface area contributed by atoms with Crippen molar-refractivity contribution in [3.8, 4) is 0 Å². The van der Waals surface area contributed by atoms with Gasteiger partial charge in [0.15, 0.2) is 0 Å². The predicted octanol–water partition coefficient (Wildman–Crippen LogP) is 0.294. The van der Waals surface area contributed by atoms with E-state index in [9.17, 15) is 19.8 Å². The van der Waals surface area contributed by atoms with E-state index in [0.717, 1.165) is 0 Å². The number of aromatic amines is 1. The van der Waals surface area contributed by atoms with E-state index in [1.54, 1.807) is 20.8 Å². The monoisotopic (exact) mass is 284 g/mol. The molecule has 0 fully saturated rings. The average molecular weight is 284 g/mol. The van der Waals surface area contributed by atoms with Crippen molar-refractivity contribution in [2.75, 3.05) is 6.54 Å². The first-order chi connectivity index (χ1) is 9.19. The van der Waals surface area contributed by atoms with E-state index < -0.39 is 23.9 Å². The third-order valence-electron chi connectivity index (χ3n) is 2.37. The zero-order chi connectivity index (χ0) is 15.3. The van der Waals surface area contributed by atoms with Gasteiger partial charge < -0.3 is 25.3 Å². The highest BCUT2D eigenvalue weighted by Gasteiger charge is 2.21. The van der Waals surface area contributed by atoms with Crippen LogP contribution in [0.1, 0.15) is 32.4 Å². The minimum absolute atomic E-state index is 0.171. The number of nitrogens with one attached hydrogen (secondary N) is 2. The lowest BCUT2D eigenvalue weighted by Crippen LogP contribution is -2.38. The zero-order valence-electron chi connectivity index (χ0n) is 11.7. The van der Waals surface area contributed by atoms with Crippen molar-refractivity contribution in [2.45, 2.75) is 38.6 Å². The van der Waals surface area contributed by atoms with Gasteiger partial charge in [0.25, 0.3) is 0 Å². The van der Waals surface area contributed by atoms with E-state index >= 15 is 0 Å². The highest BCUT2D eigenvalue weighted by Crippen LogP contribution is 2.14. The van der Waals surface area contributed by atoms with E-state index in [2.05, 4.69) is 10.3 Å². The molecular weight excluding hydrogens is 264 g/mol. The number of aliphatic hydroxyl groups excluding tert-OH is 2. The highest BCUT2D eigenvalue weighted by molar-refractivity contribution is 5.67. The summed E-state index contributed by atoms with van der Waals surface area (Å²) < 4.78 is 5.00. The van der Waals surface area contributed by atoms with E-state index in [1.165, 1.54) is 18.3 Å². The number of amides is 1. The minimum Gasteiger partial charge on any atom is -0.444 e. The summed E-state index contributed by atoms with van der Waals surface area (Å²) in [6, 6.07) is 2.65. The molecule has 7 nitrogen and oxygen atoms in total. The molecule has 0 aliphatic heterocycles. The lowest BCUT2D eigenvalue weighted by atomic mass is 10.1. The molecule has 0 bridgehead atoms. The third kappa shape index (κ3) is 5.41. The molecule has 0 aliphatic rings. The van der Waals surface area contributed by atoms with Crippen LogP contribution in [0.3, 0.4) is 0 Å². The molecule has 0 saturated heterocycles. The van der Waals surface area contributed by atoms with Gasteiger partial charge in [0, 0.05) is 18.8 Å². The average Bonchev–Trinajstić information content (AvgIpc) is 2.34. The molecule has 1 aromatic rings. The van der Waals surface area contributed by atoms with Crippen molar-refractivity contribution >= 4 is 6.09 Å². The molecule has 2 atom stereocenters. The predicted molar refractivity (Wildman–Crippen MR) is 72.3 cm³/mol. The first kappa shape index (κ1) is 16.2. The van der Waals surface area contributed by atoms with Crippen LogP contribution in [0.25, 0.3) is 0 Å². The first-order valence-electron chi connectivity index (χ1n) is 6.20. The Balaban J connectivity index is 2.50. The van der Waals surface area contributed by atoms with E-state index in [-0.39, 0.29) is 12.1 Å². The summed E-state index contributed by atoms with van der Waals surface area (Å²) in [5.41, 5.74) is -0.586. The number of pyridine rings is 1. The van der Waals surface area contributed by atoms with E-state index in [1.807, 2.05) is 0 Å². The van der Waals surface area contributed by atoms with Crippen LogP contribution < -0.4 is 10.9 Å². The Morgan fingerprint density at radius 2 is 2.05 bits per heavy atom. The van der Waals surface area contributed by atoms with Crippen LogP contribution in [0.4, 0.5) is 4.79 Å². The van der Waals surface area contributed by atoms with Crippen LogP contribution in [0.2, 0.25) is 0 Å². The van der Waals surface area contributed by atoms with Gasteiger partial charge in [0.1, 0.15) is 17.8 Å². The second kappa shape index (κ2) is 6.53. The van der Waals surface area contributed by atoms with Crippen LogP contribution in [-0.2, 0) is 4.74 Å². The van der Waals surface area contributed by atoms with Gasteiger partial charge in [-0.1, -0.05) is 0 Å². The molecule has 0 aromatic carbocycles. The SMILES string of the molecule is CC(C)(C)OC(=O)NCC(O)C(O)c1ccc(=O)[nH]c1. The normalized spacial score (nSPS) is 14.4. The largest absolute Gasteiger partial charge is 0.444 e. The summed E-state index contributed by atoms with van der Waals surface area (Å²) in [5.74, 6) is 0. The molecular formula is C13H20N2O5. The Morgan fingerprint density at radius 1 is 1.40 bits per heavy atom. The molecule has 0 radical (unpaired) electrons. The highest BCUT2D eigenvalue weighted by atomic mass is 16.6. The molecule has 1 heterocycles. The Bertz CT molecular complexity index is 486. The second-order valence-electron chi connectivity index (χ2n) is 5.38. The van der Waals surface area contributed by atoms with Crippen molar-refractivity contribution in [2.24, 2.45) is 0 Å². The van der Waals surface area contributed by atoms with Crippen molar-refractivity contribution in [3.05, 3.63) is 34.2 Å². The van der Waals surface area contributed by atoms with Crippen LogP contribution in [-0.4, -0.2) is 39.5 Å². The molecule has 2 unspecified atom stereocenters. The molecule has 1 rings (SSSR count). The minimum atomic E-state index is -1.22. The van der Waals surface area contributed by atoms with Gasteiger partial charge in [0.05, 0.1) is 0 Å². The number of hydrogen-bond donors (Lipinski definition) is 4. The van der Waals surface area contributed by atoms with Gasteiger partial charge in [-0.15, -0.1) is 0 Å². The zero-order valence-corrected chi connectivity index (χ0v) is 11.7. The molecule has 112 valence electrons. The number of hydrogen-bond acceptors (Lipinski definition) is 5. The van der Waals surface area contributed by atoms with Crippen LogP contribution in [0.15, 0.2) is 23.1 Å². The Hall–Kier alpha value is -1.86. The van der Waals surface area contributed by atoms with Crippen molar-refractivity contribution in [1.29, 1.82) is 0 Å². The number of H-pyrrole nitrogens is 1. The lowest BCUT2D eigenvalue weighted by Gasteiger charge is -2.22. The number of aliphatic hydroxyl groups is 2. The van der Waals surface area contributed by atoms with Gasteiger partial charge in [0.2, 0.25) is 5.56 Å². The van der Waals surface area contributed by atoms with Crippen molar-refractivity contribution in [3.63, 3.8) is 0 Å². The van der Waals surface area contributed by atoms with E-state index in [0.29, 0.717) is 5.56 Å². The van der Waals surface area contributed by atoms with Crippen molar-refractivity contribution < 1.29 is 19.7 Å². The maximum atomic E-state index is 11.4. The van der Waals surface area contributed by atoms with Gasteiger partial charge >= 0.3 is 6.09 Å². The van der Waals surface area contributed by atoms with Crippen molar-refractivity contribution in [1.82, 2.24) is 10.3 Å². The summed E-state index contributed by atoms with van der Waals surface area (Å²) >= 11 is 0. The Morgan fingerprint density at radius 3 is 2.55 bits per heavy atom. The summed E-state index contributed by atoms with van der Waals surface area (Å²) in [6.45, 7) is 4.99. The number of carbonyl (C=O) groups excluding carboxylic acids is 1. The first-order valence-corrected chi connectivity index (χ1v) is 6.20. The number of aromatic nitrogens is 1. The summed E-state index contributed by atoms with van der Waals surface area (Å²) in [7, 11) is 0. The smallest absolute Gasteiger partial charge is 0.407 e.